The summed E-state index contributed by atoms with van der Waals surface area (Å²) in [6.07, 6.45) is 0.889. The molecular formula is C9H8Br2O2. The van der Waals surface area contributed by atoms with Crippen molar-refractivity contribution in [3.8, 4) is 0 Å². The Hall–Kier alpha value is -0.350. The highest BCUT2D eigenvalue weighted by atomic mass is 79.9. The first kappa shape index (κ1) is 10.7. The molecule has 13 heavy (non-hydrogen) atoms. The van der Waals surface area contributed by atoms with Crippen molar-refractivity contribution in [1.82, 2.24) is 0 Å². The van der Waals surface area contributed by atoms with E-state index in [0.717, 1.165) is 21.8 Å². The summed E-state index contributed by atoms with van der Waals surface area (Å²) < 4.78 is 0.854. The minimum Gasteiger partial charge on any atom is -0.478 e. The van der Waals surface area contributed by atoms with Crippen molar-refractivity contribution in [3.63, 3.8) is 0 Å². The highest BCUT2D eigenvalue weighted by Gasteiger charge is 2.05. The van der Waals surface area contributed by atoms with Crippen LogP contribution in [-0.4, -0.2) is 16.4 Å². The maximum absolute atomic E-state index is 10.6. The van der Waals surface area contributed by atoms with Crippen molar-refractivity contribution in [2.75, 3.05) is 5.33 Å². The second-order valence-electron chi connectivity index (χ2n) is 2.55. The molecular weight excluding hydrogens is 300 g/mol. The molecule has 4 heteroatoms. The van der Waals surface area contributed by atoms with Crippen LogP contribution in [0.1, 0.15) is 15.9 Å². The molecule has 0 bridgehead atoms. The van der Waals surface area contributed by atoms with Crippen molar-refractivity contribution in [1.29, 1.82) is 0 Å². The van der Waals surface area contributed by atoms with Crippen molar-refractivity contribution in [2.45, 2.75) is 6.42 Å². The predicted molar refractivity (Wildman–Crippen MR) is 58.6 cm³/mol. The molecule has 1 aromatic rings. The number of halogens is 2. The van der Waals surface area contributed by atoms with Gasteiger partial charge >= 0.3 is 5.97 Å². The Kier molecular flexibility index (Phi) is 3.93. The summed E-state index contributed by atoms with van der Waals surface area (Å²) in [4.78, 5) is 10.6. The first-order valence-corrected chi connectivity index (χ1v) is 5.64. The van der Waals surface area contributed by atoms with Crippen molar-refractivity contribution in [3.05, 3.63) is 33.8 Å². The Bertz CT molecular complexity index is 323. The topological polar surface area (TPSA) is 37.3 Å². The van der Waals surface area contributed by atoms with E-state index in [9.17, 15) is 4.79 Å². The molecule has 0 radical (unpaired) electrons. The second kappa shape index (κ2) is 4.77. The molecule has 0 aliphatic rings. The quantitative estimate of drug-likeness (QED) is 0.871. The summed E-state index contributed by atoms with van der Waals surface area (Å²) in [6, 6.07) is 5.07. The lowest BCUT2D eigenvalue weighted by atomic mass is 10.1. The number of aromatic carboxylic acids is 1. The normalized spacial score (nSPS) is 10.0. The Labute approximate surface area is 93.2 Å². The van der Waals surface area contributed by atoms with Gasteiger partial charge in [0.1, 0.15) is 0 Å². The largest absolute Gasteiger partial charge is 0.478 e. The number of benzene rings is 1. The van der Waals surface area contributed by atoms with Gasteiger partial charge in [-0.3, -0.25) is 0 Å². The van der Waals surface area contributed by atoms with E-state index < -0.39 is 5.97 Å². The van der Waals surface area contributed by atoms with Crippen LogP contribution in [0.15, 0.2) is 22.7 Å². The minimum absolute atomic E-state index is 0.310. The minimum atomic E-state index is -0.897. The Morgan fingerprint density at radius 3 is 2.62 bits per heavy atom. The molecule has 0 aromatic heterocycles. The molecule has 1 aromatic carbocycles. The van der Waals surface area contributed by atoms with Gasteiger partial charge < -0.3 is 5.11 Å². The Morgan fingerprint density at radius 1 is 1.46 bits per heavy atom. The number of carboxylic acids is 1. The Morgan fingerprint density at radius 2 is 2.15 bits per heavy atom. The number of alkyl halides is 1. The fourth-order valence-corrected chi connectivity index (χ4v) is 1.99. The van der Waals surface area contributed by atoms with E-state index in [1.807, 2.05) is 6.07 Å². The number of hydrogen-bond acceptors (Lipinski definition) is 1. The van der Waals surface area contributed by atoms with Crippen LogP contribution in [0.25, 0.3) is 0 Å². The molecule has 0 heterocycles. The number of carbonyl (C=O) groups is 1. The third kappa shape index (κ3) is 2.81. The van der Waals surface area contributed by atoms with E-state index in [1.54, 1.807) is 12.1 Å². The van der Waals surface area contributed by atoms with Crippen molar-refractivity contribution < 1.29 is 9.90 Å². The van der Waals surface area contributed by atoms with Gasteiger partial charge in [0.05, 0.1) is 5.56 Å². The molecule has 0 amide bonds. The molecule has 0 aliphatic carbocycles. The monoisotopic (exact) mass is 306 g/mol. The summed E-state index contributed by atoms with van der Waals surface area (Å²) in [6.45, 7) is 0. The van der Waals surface area contributed by atoms with Crippen LogP contribution in [0.3, 0.4) is 0 Å². The molecule has 2 nitrogen and oxygen atoms in total. The van der Waals surface area contributed by atoms with Crippen molar-refractivity contribution >= 4 is 37.8 Å². The molecule has 70 valence electrons. The second-order valence-corrected chi connectivity index (χ2v) is 4.20. The number of hydrogen-bond donors (Lipinski definition) is 1. The summed E-state index contributed by atoms with van der Waals surface area (Å²) in [5.41, 5.74) is 1.42. The molecule has 0 saturated heterocycles. The Balaban J connectivity index is 2.98. The predicted octanol–water partition coefficient (Wildman–Crippen LogP) is 3.08. The van der Waals surface area contributed by atoms with Crippen molar-refractivity contribution in [2.24, 2.45) is 0 Å². The van der Waals surface area contributed by atoms with Gasteiger partial charge in [-0.1, -0.05) is 37.9 Å². The molecule has 0 fully saturated rings. The van der Waals surface area contributed by atoms with Crippen LogP contribution >= 0.6 is 31.9 Å². The van der Waals surface area contributed by atoms with Gasteiger partial charge in [0.15, 0.2) is 0 Å². The third-order valence-corrected chi connectivity index (χ3v) is 2.80. The van der Waals surface area contributed by atoms with Crippen LogP contribution in [-0.2, 0) is 6.42 Å². The zero-order valence-corrected chi connectivity index (χ0v) is 9.93. The lowest BCUT2D eigenvalue weighted by Crippen LogP contribution is -1.97. The number of aryl methyl sites for hydroxylation is 1. The molecule has 0 saturated carbocycles. The molecule has 0 unspecified atom stereocenters. The SMILES string of the molecule is O=C(O)c1ccc(CCBr)c(Br)c1. The van der Waals surface area contributed by atoms with Crippen LogP contribution in [0.5, 0.6) is 0 Å². The molecule has 0 atom stereocenters. The zero-order valence-electron chi connectivity index (χ0n) is 6.76. The lowest BCUT2D eigenvalue weighted by molar-refractivity contribution is 0.0697. The van der Waals surface area contributed by atoms with Gasteiger partial charge in [-0.05, 0) is 24.1 Å². The standard InChI is InChI=1S/C9H8Br2O2/c10-4-3-6-1-2-7(9(12)13)5-8(6)11/h1-2,5H,3-4H2,(H,12,13). The molecule has 1 rings (SSSR count). The highest BCUT2D eigenvalue weighted by molar-refractivity contribution is 9.10. The number of carboxylic acid groups (broad SMARTS) is 1. The molecule has 0 aliphatic heterocycles. The number of rotatable bonds is 3. The summed E-state index contributed by atoms with van der Waals surface area (Å²) in [5.74, 6) is -0.897. The third-order valence-electron chi connectivity index (χ3n) is 1.66. The van der Waals surface area contributed by atoms with E-state index >= 15 is 0 Å². The van der Waals surface area contributed by atoms with Gasteiger partial charge in [-0.15, -0.1) is 0 Å². The van der Waals surface area contributed by atoms with Crippen LogP contribution in [0.4, 0.5) is 0 Å². The van der Waals surface area contributed by atoms with E-state index in [4.69, 9.17) is 5.11 Å². The first-order chi connectivity index (χ1) is 6.15. The molecule has 1 N–H and O–H groups in total. The molecule has 0 spiro atoms. The maximum Gasteiger partial charge on any atom is 0.335 e. The van der Waals surface area contributed by atoms with E-state index in [2.05, 4.69) is 31.9 Å². The average Bonchev–Trinajstić information content (AvgIpc) is 2.08. The summed E-state index contributed by atoms with van der Waals surface area (Å²) >= 11 is 6.66. The van der Waals surface area contributed by atoms with Gasteiger partial charge in [-0.2, -0.15) is 0 Å². The fourth-order valence-electron chi connectivity index (χ4n) is 0.985. The first-order valence-electron chi connectivity index (χ1n) is 3.73. The van der Waals surface area contributed by atoms with Crippen LogP contribution < -0.4 is 0 Å². The van der Waals surface area contributed by atoms with Gasteiger partial charge in [0.25, 0.3) is 0 Å². The lowest BCUT2D eigenvalue weighted by Gasteiger charge is -2.02. The van der Waals surface area contributed by atoms with Crippen LogP contribution in [0, 0.1) is 0 Å². The van der Waals surface area contributed by atoms with E-state index in [-0.39, 0.29) is 0 Å². The van der Waals surface area contributed by atoms with E-state index in [0.29, 0.717) is 5.56 Å². The van der Waals surface area contributed by atoms with Gasteiger partial charge in [0.2, 0.25) is 0 Å². The van der Waals surface area contributed by atoms with Gasteiger partial charge in [0, 0.05) is 9.80 Å². The average molecular weight is 308 g/mol. The fraction of sp³-hybridized carbons (Fsp3) is 0.222. The summed E-state index contributed by atoms with van der Waals surface area (Å²) in [7, 11) is 0. The van der Waals surface area contributed by atoms with Crippen LogP contribution in [0.2, 0.25) is 0 Å². The van der Waals surface area contributed by atoms with Gasteiger partial charge in [-0.25, -0.2) is 4.79 Å². The summed E-state index contributed by atoms with van der Waals surface area (Å²) in [5, 5.41) is 9.57. The maximum atomic E-state index is 10.6. The highest BCUT2D eigenvalue weighted by Crippen LogP contribution is 2.19. The smallest absolute Gasteiger partial charge is 0.335 e. The van der Waals surface area contributed by atoms with E-state index in [1.165, 1.54) is 0 Å². The zero-order chi connectivity index (χ0) is 9.84.